The number of carboxylic acids is 1. The number of rotatable bonds is 7. The number of halogens is 2. The second-order valence-electron chi connectivity index (χ2n) is 8.74. The molecule has 0 aliphatic carbocycles. The van der Waals surface area contributed by atoms with Gasteiger partial charge in [-0.25, -0.2) is 9.78 Å². The van der Waals surface area contributed by atoms with Crippen LogP contribution in [0.2, 0.25) is 10.0 Å². The monoisotopic (exact) mass is 527 g/mol. The van der Waals surface area contributed by atoms with Crippen LogP contribution in [0.5, 0.6) is 5.88 Å². The van der Waals surface area contributed by atoms with Gasteiger partial charge in [-0.05, 0) is 37.1 Å². The molecule has 1 aromatic carbocycles. The summed E-state index contributed by atoms with van der Waals surface area (Å²) in [4.78, 5) is 31.1. The van der Waals surface area contributed by atoms with Crippen LogP contribution < -0.4 is 15.1 Å². The summed E-state index contributed by atoms with van der Waals surface area (Å²) >= 11 is 12.9. The average Bonchev–Trinajstić information content (AvgIpc) is 3.48. The highest BCUT2D eigenvalue weighted by Gasteiger charge is 2.28. The third-order valence-electron chi connectivity index (χ3n) is 6.31. The third-order valence-corrected chi connectivity index (χ3v) is 6.90. The predicted molar refractivity (Wildman–Crippen MR) is 138 cm³/mol. The number of aromatic carboxylic acids is 1. The standard InChI is InChI=1S/C25H23Cl2N5O4/c1-30-11-15(10-29-30)12-31-13-18(25(34)35)23(33)17-8-20(27)22(9-21(17)31)32-7-3-4-16(32)14-36-24-19(26)5-2-6-28-24/h2,5-6,8-11,13,16H,3-4,7,12,14H2,1H3,(H,34,35)/t16-/m1/s1. The summed E-state index contributed by atoms with van der Waals surface area (Å²) in [5, 5.41) is 14.9. The first-order valence-electron chi connectivity index (χ1n) is 11.4. The SMILES string of the molecule is Cn1cc(Cn2cc(C(=O)O)c(=O)c3cc(Cl)c(N4CCC[C@@H]4COc4ncccc4Cl)cc32)cn1. The molecule has 0 amide bonds. The van der Waals surface area contributed by atoms with Gasteiger partial charge in [-0.2, -0.15) is 5.10 Å². The zero-order valence-corrected chi connectivity index (χ0v) is 20.9. The Labute approximate surface area is 216 Å². The highest BCUT2D eigenvalue weighted by molar-refractivity contribution is 6.34. The first-order chi connectivity index (χ1) is 17.3. The van der Waals surface area contributed by atoms with Crippen molar-refractivity contribution in [2.75, 3.05) is 18.1 Å². The zero-order valence-electron chi connectivity index (χ0n) is 19.4. The lowest BCUT2D eigenvalue weighted by Crippen LogP contribution is -2.34. The topological polar surface area (TPSA) is 102 Å². The van der Waals surface area contributed by atoms with Crippen LogP contribution in [0, 0.1) is 0 Å². The Morgan fingerprint density at radius 1 is 1.25 bits per heavy atom. The molecule has 0 saturated carbocycles. The maximum Gasteiger partial charge on any atom is 0.341 e. The molecule has 186 valence electrons. The molecule has 0 bridgehead atoms. The number of carbonyl (C=O) groups is 1. The van der Waals surface area contributed by atoms with Crippen LogP contribution in [0.3, 0.4) is 0 Å². The van der Waals surface area contributed by atoms with E-state index in [1.807, 2.05) is 12.3 Å². The smallest absolute Gasteiger partial charge is 0.341 e. The Kier molecular flexibility index (Phi) is 6.59. The van der Waals surface area contributed by atoms with Crippen molar-refractivity contribution < 1.29 is 14.6 Å². The first-order valence-corrected chi connectivity index (χ1v) is 12.1. The fourth-order valence-electron chi connectivity index (χ4n) is 4.63. The Balaban J connectivity index is 1.54. The van der Waals surface area contributed by atoms with Gasteiger partial charge in [0.05, 0.1) is 35.0 Å². The molecule has 1 aliphatic rings. The van der Waals surface area contributed by atoms with E-state index in [9.17, 15) is 14.7 Å². The molecule has 1 saturated heterocycles. The van der Waals surface area contributed by atoms with E-state index in [2.05, 4.69) is 15.0 Å². The number of aryl methyl sites for hydroxylation is 1. The summed E-state index contributed by atoms with van der Waals surface area (Å²) in [5.74, 6) is -0.908. The van der Waals surface area contributed by atoms with E-state index in [1.165, 1.54) is 6.20 Å². The number of ether oxygens (including phenoxy) is 1. The van der Waals surface area contributed by atoms with Gasteiger partial charge in [0, 0.05) is 43.1 Å². The van der Waals surface area contributed by atoms with Crippen molar-refractivity contribution in [3.63, 3.8) is 0 Å². The molecule has 0 unspecified atom stereocenters. The van der Waals surface area contributed by atoms with E-state index < -0.39 is 11.4 Å². The molecule has 4 heterocycles. The molecule has 3 aromatic heterocycles. The van der Waals surface area contributed by atoms with Crippen LogP contribution in [0.1, 0.15) is 28.8 Å². The number of anilines is 1. The number of carboxylic acid groups (broad SMARTS) is 1. The minimum atomic E-state index is -1.29. The number of aromatic nitrogens is 4. The van der Waals surface area contributed by atoms with Gasteiger partial charge in [-0.15, -0.1) is 0 Å². The summed E-state index contributed by atoms with van der Waals surface area (Å²) in [7, 11) is 1.81. The fraction of sp³-hybridized carbons (Fsp3) is 0.280. The van der Waals surface area contributed by atoms with E-state index in [0.29, 0.717) is 34.6 Å². The van der Waals surface area contributed by atoms with Gasteiger partial charge in [0.1, 0.15) is 17.2 Å². The lowest BCUT2D eigenvalue weighted by molar-refractivity contribution is 0.0695. The van der Waals surface area contributed by atoms with E-state index >= 15 is 0 Å². The van der Waals surface area contributed by atoms with Gasteiger partial charge in [0.15, 0.2) is 0 Å². The van der Waals surface area contributed by atoms with Crippen molar-refractivity contribution in [1.29, 1.82) is 0 Å². The van der Waals surface area contributed by atoms with E-state index in [0.717, 1.165) is 30.6 Å². The highest BCUT2D eigenvalue weighted by Crippen LogP contribution is 2.35. The van der Waals surface area contributed by atoms with Crippen LogP contribution in [0.4, 0.5) is 5.69 Å². The summed E-state index contributed by atoms with van der Waals surface area (Å²) in [6.07, 6.45) is 8.39. The van der Waals surface area contributed by atoms with Crippen LogP contribution >= 0.6 is 23.2 Å². The highest BCUT2D eigenvalue weighted by atomic mass is 35.5. The predicted octanol–water partition coefficient (Wildman–Crippen LogP) is 4.23. The average molecular weight is 528 g/mol. The Bertz CT molecular complexity index is 1520. The zero-order chi connectivity index (χ0) is 25.4. The minimum absolute atomic E-state index is 0.0230. The quantitative estimate of drug-likeness (QED) is 0.383. The molecule has 0 radical (unpaired) electrons. The molecule has 9 nitrogen and oxygen atoms in total. The number of fused-ring (bicyclic) bond motifs is 1. The van der Waals surface area contributed by atoms with Gasteiger partial charge in [-0.3, -0.25) is 9.48 Å². The lowest BCUT2D eigenvalue weighted by Gasteiger charge is -2.28. The molecule has 5 rings (SSSR count). The summed E-state index contributed by atoms with van der Waals surface area (Å²) < 4.78 is 9.33. The normalized spacial score (nSPS) is 15.5. The van der Waals surface area contributed by atoms with Gasteiger partial charge in [0.2, 0.25) is 11.3 Å². The second-order valence-corrected chi connectivity index (χ2v) is 9.55. The van der Waals surface area contributed by atoms with Gasteiger partial charge in [-0.1, -0.05) is 23.2 Å². The van der Waals surface area contributed by atoms with Crippen molar-refractivity contribution in [2.45, 2.75) is 25.4 Å². The van der Waals surface area contributed by atoms with E-state index in [4.69, 9.17) is 27.9 Å². The number of benzene rings is 1. The first kappa shape index (κ1) is 24.1. The van der Waals surface area contributed by atoms with Gasteiger partial charge in [0.25, 0.3) is 0 Å². The van der Waals surface area contributed by atoms with Crippen molar-refractivity contribution in [2.24, 2.45) is 7.05 Å². The molecular weight excluding hydrogens is 505 g/mol. The van der Waals surface area contributed by atoms with Crippen molar-refractivity contribution in [3.05, 3.63) is 80.4 Å². The maximum atomic E-state index is 13.0. The maximum absolute atomic E-state index is 13.0. The molecule has 4 aromatic rings. The molecule has 1 aliphatic heterocycles. The number of nitrogens with zero attached hydrogens (tertiary/aromatic N) is 5. The summed E-state index contributed by atoms with van der Waals surface area (Å²) in [5.41, 5.74) is 1.33. The molecule has 1 N–H and O–H groups in total. The fourth-order valence-corrected chi connectivity index (χ4v) is 5.08. The van der Waals surface area contributed by atoms with E-state index in [1.54, 1.807) is 46.9 Å². The van der Waals surface area contributed by atoms with Crippen LogP contribution in [-0.4, -0.2) is 49.6 Å². The second kappa shape index (κ2) is 9.83. The van der Waals surface area contributed by atoms with Crippen LogP contribution in [-0.2, 0) is 13.6 Å². The Morgan fingerprint density at radius 3 is 2.81 bits per heavy atom. The van der Waals surface area contributed by atoms with Crippen molar-refractivity contribution >= 4 is 45.8 Å². The third kappa shape index (κ3) is 4.64. The molecule has 1 fully saturated rings. The van der Waals surface area contributed by atoms with Gasteiger partial charge < -0.3 is 19.3 Å². The molecule has 36 heavy (non-hydrogen) atoms. The largest absolute Gasteiger partial charge is 0.477 e. The lowest BCUT2D eigenvalue weighted by atomic mass is 10.1. The Morgan fingerprint density at radius 2 is 2.08 bits per heavy atom. The van der Waals surface area contributed by atoms with E-state index in [-0.39, 0.29) is 17.0 Å². The van der Waals surface area contributed by atoms with Gasteiger partial charge >= 0.3 is 5.97 Å². The molecule has 1 atom stereocenters. The Hall–Kier alpha value is -3.56. The summed E-state index contributed by atoms with van der Waals surface area (Å²) in [6, 6.07) is 6.91. The molecular formula is C25H23Cl2N5O4. The molecule has 11 heteroatoms. The number of hydrogen-bond acceptors (Lipinski definition) is 6. The van der Waals surface area contributed by atoms with Crippen molar-refractivity contribution in [3.8, 4) is 5.88 Å². The van der Waals surface area contributed by atoms with Crippen LogP contribution in [0.25, 0.3) is 10.9 Å². The van der Waals surface area contributed by atoms with Crippen molar-refractivity contribution in [1.82, 2.24) is 19.3 Å². The number of pyridine rings is 2. The summed E-state index contributed by atoms with van der Waals surface area (Å²) in [6.45, 7) is 1.47. The minimum Gasteiger partial charge on any atom is -0.477 e. The molecule has 0 spiro atoms. The van der Waals surface area contributed by atoms with Crippen LogP contribution in [0.15, 0.2) is 53.8 Å². The number of hydrogen-bond donors (Lipinski definition) is 1.